The van der Waals surface area contributed by atoms with Crippen molar-refractivity contribution in [1.82, 2.24) is 4.90 Å². The molecule has 0 spiro atoms. The zero-order chi connectivity index (χ0) is 18.4. The maximum absolute atomic E-state index is 12.8. The number of halogens is 3. The Balaban J connectivity index is 2.13. The number of carboxylic acids is 1. The fourth-order valence-electron chi connectivity index (χ4n) is 2.70. The Kier molecular flexibility index (Phi) is 6.20. The highest BCUT2D eigenvalue weighted by Crippen LogP contribution is 2.30. The van der Waals surface area contributed by atoms with Gasteiger partial charge in [0.2, 0.25) is 0 Å². The van der Waals surface area contributed by atoms with Gasteiger partial charge in [-0.05, 0) is 30.5 Å². The third-order valence-electron chi connectivity index (χ3n) is 3.98. The minimum absolute atomic E-state index is 0.172. The third-order valence-corrected chi connectivity index (χ3v) is 3.98. The molecule has 1 unspecified atom stereocenters. The first-order valence-electron chi connectivity index (χ1n) is 7.91. The van der Waals surface area contributed by atoms with Gasteiger partial charge in [-0.2, -0.15) is 13.2 Å². The summed E-state index contributed by atoms with van der Waals surface area (Å²) in [7, 11) is 0. The summed E-state index contributed by atoms with van der Waals surface area (Å²) in [5, 5.41) is 9.14. The van der Waals surface area contributed by atoms with Crippen LogP contribution in [0, 0.1) is 0 Å². The molecule has 0 bridgehead atoms. The molecule has 0 saturated heterocycles. The van der Waals surface area contributed by atoms with E-state index in [1.165, 1.54) is 6.07 Å². The highest BCUT2D eigenvalue weighted by molar-refractivity contribution is 5.69. The number of hydrogen-bond donors (Lipinski definition) is 1. The standard InChI is InChI=1S/C19H20F3NO2/c1-14(10-16-8-5-9-17(11-16)19(20,21)22)23(13-18(24)25)12-15-6-3-2-4-7-15/h2-9,11,14H,10,12-13H2,1H3,(H,24,25). The molecule has 0 aliphatic rings. The number of aliphatic carboxylic acids is 1. The van der Waals surface area contributed by atoms with Crippen LogP contribution in [0.3, 0.4) is 0 Å². The summed E-state index contributed by atoms with van der Waals surface area (Å²) in [6.07, 6.45) is -4.05. The van der Waals surface area contributed by atoms with Crippen molar-refractivity contribution in [2.75, 3.05) is 6.54 Å². The Labute approximate surface area is 144 Å². The summed E-state index contributed by atoms with van der Waals surface area (Å²) in [6.45, 7) is 2.08. The number of rotatable bonds is 7. The molecule has 0 amide bonds. The summed E-state index contributed by atoms with van der Waals surface area (Å²) in [5.41, 5.74) is 0.801. The molecule has 0 aliphatic heterocycles. The van der Waals surface area contributed by atoms with E-state index in [0.29, 0.717) is 18.5 Å². The van der Waals surface area contributed by atoms with Gasteiger partial charge >= 0.3 is 12.1 Å². The average Bonchev–Trinajstić information content (AvgIpc) is 2.54. The van der Waals surface area contributed by atoms with Crippen LogP contribution in [0.5, 0.6) is 0 Å². The number of alkyl halides is 3. The molecule has 2 rings (SSSR count). The predicted octanol–water partition coefficient (Wildman–Crippen LogP) is 4.22. The van der Waals surface area contributed by atoms with Gasteiger partial charge in [-0.25, -0.2) is 0 Å². The van der Waals surface area contributed by atoms with Gasteiger partial charge in [0.25, 0.3) is 0 Å². The Morgan fingerprint density at radius 2 is 1.72 bits per heavy atom. The van der Waals surface area contributed by atoms with Gasteiger partial charge in [-0.1, -0.05) is 48.5 Å². The van der Waals surface area contributed by atoms with E-state index in [2.05, 4.69) is 0 Å². The van der Waals surface area contributed by atoms with Crippen molar-refractivity contribution in [2.24, 2.45) is 0 Å². The predicted molar refractivity (Wildman–Crippen MR) is 89.1 cm³/mol. The largest absolute Gasteiger partial charge is 0.480 e. The van der Waals surface area contributed by atoms with Gasteiger partial charge in [0.15, 0.2) is 0 Å². The zero-order valence-electron chi connectivity index (χ0n) is 13.8. The molecular formula is C19H20F3NO2. The lowest BCUT2D eigenvalue weighted by atomic mass is 10.0. The molecule has 0 fully saturated rings. The SMILES string of the molecule is CC(Cc1cccc(C(F)(F)F)c1)N(CC(=O)O)Cc1ccccc1. The number of hydrogen-bond acceptors (Lipinski definition) is 2. The molecule has 0 heterocycles. The summed E-state index contributed by atoms with van der Waals surface area (Å²) in [6, 6.07) is 14.3. The summed E-state index contributed by atoms with van der Waals surface area (Å²) in [5.74, 6) is -0.966. The van der Waals surface area contributed by atoms with E-state index >= 15 is 0 Å². The minimum Gasteiger partial charge on any atom is -0.480 e. The van der Waals surface area contributed by atoms with Crippen LogP contribution in [0.4, 0.5) is 13.2 Å². The Morgan fingerprint density at radius 3 is 2.32 bits per heavy atom. The van der Waals surface area contributed by atoms with Crippen molar-refractivity contribution in [3.63, 3.8) is 0 Å². The molecule has 2 aromatic carbocycles. The van der Waals surface area contributed by atoms with Gasteiger partial charge in [0, 0.05) is 12.6 Å². The van der Waals surface area contributed by atoms with Gasteiger partial charge < -0.3 is 5.11 Å². The second-order valence-corrected chi connectivity index (χ2v) is 6.04. The lowest BCUT2D eigenvalue weighted by Crippen LogP contribution is -2.38. The van der Waals surface area contributed by atoms with Gasteiger partial charge in [0.1, 0.15) is 0 Å². The number of benzene rings is 2. The number of nitrogens with zero attached hydrogens (tertiary/aromatic N) is 1. The molecule has 1 atom stereocenters. The van der Waals surface area contributed by atoms with Crippen LogP contribution in [0.25, 0.3) is 0 Å². The third kappa shape index (κ3) is 5.90. The summed E-state index contributed by atoms with van der Waals surface area (Å²) < 4.78 is 38.5. The van der Waals surface area contributed by atoms with Crippen LogP contribution in [-0.2, 0) is 23.9 Å². The molecule has 25 heavy (non-hydrogen) atoms. The normalized spacial score (nSPS) is 13.0. The highest BCUT2D eigenvalue weighted by Gasteiger charge is 2.30. The minimum atomic E-state index is -4.38. The highest BCUT2D eigenvalue weighted by atomic mass is 19.4. The monoisotopic (exact) mass is 351 g/mol. The quantitative estimate of drug-likeness (QED) is 0.812. The van der Waals surface area contributed by atoms with Crippen molar-refractivity contribution in [3.05, 3.63) is 71.3 Å². The van der Waals surface area contributed by atoms with E-state index in [1.807, 2.05) is 37.3 Å². The fourth-order valence-corrected chi connectivity index (χ4v) is 2.70. The van der Waals surface area contributed by atoms with E-state index in [9.17, 15) is 18.0 Å². The van der Waals surface area contributed by atoms with Crippen molar-refractivity contribution >= 4 is 5.97 Å². The Morgan fingerprint density at radius 1 is 1.08 bits per heavy atom. The van der Waals surface area contributed by atoms with Crippen LogP contribution in [0.15, 0.2) is 54.6 Å². The first-order chi connectivity index (χ1) is 11.8. The van der Waals surface area contributed by atoms with Gasteiger partial charge in [0.05, 0.1) is 12.1 Å². The second-order valence-electron chi connectivity index (χ2n) is 6.04. The first kappa shape index (κ1) is 19.0. The maximum atomic E-state index is 12.8. The Hall–Kier alpha value is -2.34. The molecule has 134 valence electrons. The van der Waals surface area contributed by atoms with Gasteiger partial charge in [-0.15, -0.1) is 0 Å². The number of carbonyl (C=O) groups is 1. The maximum Gasteiger partial charge on any atom is 0.416 e. The van der Waals surface area contributed by atoms with E-state index in [4.69, 9.17) is 5.11 Å². The van der Waals surface area contributed by atoms with Crippen LogP contribution in [0.2, 0.25) is 0 Å². The van der Waals surface area contributed by atoms with Crippen LogP contribution < -0.4 is 0 Å². The average molecular weight is 351 g/mol. The van der Waals surface area contributed by atoms with Crippen molar-refractivity contribution in [3.8, 4) is 0 Å². The first-order valence-corrected chi connectivity index (χ1v) is 7.91. The fraction of sp³-hybridized carbons (Fsp3) is 0.316. The molecule has 2 aromatic rings. The molecule has 0 radical (unpaired) electrons. The second kappa shape index (κ2) is 8.16. The topological polar surface area (TPSA) is 40.5 Å². The smallest absolute Gasteiger partial charge is 0.416 e. The van der Waals surface area contributed by atoms with Crippen LogP contribution in [-0.4, -0.2) is 28.6 Å². The summed E-state index contributed by atoms with van der Waals surface area (Å²) >= 11 is 0. The lowest BCUT2D eigenvalue weighted by molar-refractivity contribution is -0.139. The lowest BCUT2D eigenvalue weighted by Gasteiger charge is -2.28. The number of carboxylic acid groups (broad SMARTS) is 1. The molecule has 0 saturated carbocycles. The molecular weight excluding hydrogens is 331 g/mol. The Bertz CT molecular complexity index is 701. The van der Waals surface area contributed by atoms with Crippen molar-refractivity contribution in [2.45, 2.75) is 32.1 Å². The molecule has 0 aromatic heterocycles. The van der Waals surface area contributed by atoms with Gasteiger partial charge in [-0.3, -0.25) is 9.69 Å². The van der Waals surface area contributed by atoms with E-state index < -0.39 is 17.7 Å². The van der Waals surface area contributed by atoms with E-state index in [-0.39, 0.29) is 12.6 Å². The van der Waals surface area contributed by atoms with E-state index in [0.717, 1.165) is 17.7 Å². The molecule has 0 aliphatic carbocycles. The van der Waals surface area contributed by atoms with Crippen molar-refractivity contribution in [1.29, 1.82) is 0 Å². The summed E-state index contributed by atoms with van der Waals surface area (Å²) in [4.78, 5) is 12.9. The molecule has 1 N–H and O–H groups in total. The zero-order valence-corrected chi connectivity index (χ0v) is 13.8. The molecule has 6 heteroatoms. The van der Waals surface area contributed by atoms with Crippen molar-refractivity contribution < 1.29 is 23.1 Å². The van der Waals surface area contributed by atoms with Crippen LogP contribution >= 0.6 is 0 Å². The molecule has 3 nitrogen and oxygen atoms in total. The van der Waals surface area contributed by atoms with Crippen LogP contribution in [0.1, 0.15) is 23.6 Å². The van der Waals surface area contributed by atoms with E-state index in [1.54, 1.807) is 11.0 Å².